The normalized spacial score (nSPS) is 12.7. The third kappa shape index (κ3) is 5.16. The van der Waals surface area contributed by atoms with Crippen LogP contribution in [-0.4, -0.2) is 37.7 Å². The van der Waals surface area contributed by atoms with Gasteiger partial charge >= 0.3 is 5.97 Å². The molecule has 0 aliphatic heterocycles. The molecule has 1 rings (SSSR count). The van der Waals surface area contributed by atoms with E-state index in [0.717, 1.165) is 6.26 Å². The van der Waals surface area contributed by atoms with Gasteiger partial charge in [0.1, 0.15) is 0 Å². The molecule has 1 aromatic carbocycles. The molecular weight excluding hydrogens is 296 g/mol. The molecule has 116 valence electrons. The fourth-order valence-electron chi connectivity index (χ4n) is 1.60. The zero-order valence-electron chi connectivity index (χ0n) is 11.8. The average Bonchev–Trinajstić information content (AvgIpc) is 2.36. The molecule has 0 radical (unpaired) electrons. The highest BCUT2D eigenvalue weighted by molar-refractivity contribution is 7.90. The molecule has 21 heavy (non-hydrogen) atoms. The lowest BCUT2D eigenvalue weighted by Gasteiger charge is -2.14. The molecule has 0 spiro atoms. The maximum absolute atomic E-state index is 11.9. The second-order valence-electron chi connectivity index (χ2n) is 4.78. The molecule has 1 atom stereocenters. The molecule has 0 aliphatic carbocycles. The Morgan fingerprint density at radius 1 is 1.38 bits per heavy atom. The first-order valence-electron chi connectivity index (χ1n) is 6.20. The van der Waals surface area contributed by atoms with Crippen LogP contribution in [0.25, 0.3) is 0 Å². The minimum Gasteiger partial charge on any atom is -0.481 e. The molecule has 0 fully saturated rings. The summed E-state index contributed by atoms with van der Waals surface area (Å²) in [5.41, 5.74) is 6.62. The Morgan fingerprint density at radius 2 is 2.00 bits per heavy atom. The number of carboxylic acid groups (broad SMARTS) is 1. The molecule has 0 aliphatic rings. The highest BCUT2D eigenvalue weighted by Crippen LogP contribution is 2.20. The molecule has 1 aromatic rings. The fourth-order valence-corrected chi connectivity index (χ4v) is 2.25. The van der Waals surface area contributed by atoms with Crippen LogP contribution in [0.2, 0.25) is 0 Å². The van der Waals surface area contributed by atoms with Gasteiger partial charge in [0.05, 0.1) is 10.9 Å². The molecule has 4 N–H and O–H groups in total. The van der Waals surface area contributed by atoms with E-state index in [9.17, 15) is 18.0 Å². The molecular formula is C13H18N2O5S. The lowest BCUT2D eigenvalue weighted by Crippen LogP contribution is -2.36. The number of carbonyl (C=O) groups excluding carboxylic acids is 1. The van der Waals surface area contributed by atoms with Crippen LogP contribution in [0.1, 0.15) is 18.4 Å². The van der Waals surface area contributed by atoms with Crippen LogP contribution in [0.5, 0.6) is 0 Å². The summed E-state index contributed by atoms with van der Waals surface area (Å²) in [5, 5.41) is 11.1. The Balaban J connectivity index is 2.87. The number of carbonyl (C=O) groups is 2. The highest BCUT2D eigenvalue weighted by Gasteiger charge is 2.17. The largest absolute Gasteiger partial charge is 0.481 e. The zero-order valence-corrected chi connectivity index (χ0v) is 12.6. The van der Waals surface area contributed by atoms with E-state index in [1.54, 1.807) is 13.0 Å². The second-order valence-corrected chi connectivity index (χ2v) is 6.79. The van der Waals surface area contributed by atoms with E-state index < -0.39 is 27.8 Å². The van der Waals surface area contributed by atoms with E-state index in [1.165, 1.54) is 12.1 Å². The van der Waals surface area contributed by atoms with Crippen molar-refractivity contribution in [2.75, 3.05) is 11.6 Å². The topological polar surface area (TPSA) is 127 Å². The summed E-state index contributed by atoms with van der Waals surface area (Å²) >= 11 is 0. The Labute approximate surface area is 123 Å². The number of nitrogens with one attached hydrogen (secondary N) is 1. The quantitative estimate of drug-likeness (QED) is 0.703. The highest BCUT2D eigenvalue weighted by atomic mass is 32.2. The van der Waals surface area contributed by atoms with Crippen molar-refractivity contribution in [1.82, 2.24) is 0 Å². The maximum atomic E-state index is 11.9. The number of benzene rings is 1. The first-order chi connectivity index (χ1) is 9.61. The van der Waals surface area contributed by atoms with Crippen molar-refractivity contribution in [1.29, 1.82) is 0 Å². The van der Waals surface area contributed by atoms with Crippen molar-refractivity contribution in [2.24, 2.45) is 5.73 Å². The maximum Gasteiger partial charge on any atom is 0.303 e. The number of hydrogen-bond acceptors (Lipinski definition) is 5. The van der Waals surface area contributed by atoms with Gasteiger partial charge in [-0.1, -0.05) is 6.07 Å². The van der Waals surface area contributed by atoms with Crippen molar-refractivity contribution in [3.05, 3.63) is 23.8 Å². The Kier molecular flexibility index (Phi) is 5.45. The van der Waals surface area contributed by atoms with Crippen LogP contribution in [0.15, 0.2) is 23.1 Å². The summed E-state index contributed by atoms with van der Waals surface area (Å²) < 4.78 is 23.0. The summed E-state index contributed by atoms with van der Waals surface area (Å²) in [5.74, 6) is -1.58. The smallest absolute Gasteiger partial charge is 0.303 e. The Morgan fingerprint density at radius 3 is 2.52 bits per heavy atom. The molecule has 8 heteroatoms. The monoisotopic (exact) mass is 314 g/mol. The number of carboxylic acids is 1. The van der Waals surface area contributed by atoms with Crippen LogP contribution in [0.3, 0.4) is 0 Å². The van der Waals surface area contributed by atoms with Crippen LogP contribution in [-0.2, 0) is 19.4 Å². The summed E-state index contributed by atoms with van der Waals surface area (Å²) in [6.07, 6.45) is 0.866. The lowest BCUT2D eigenvalue weighted by atomic mass is 10.1. The summed E-state index contributed by atoms with van der Waals surface area (Å²) in [7, 11) is -3.38. The predicted octanol–water partition coefficient (Wildman–Crippen LogP) is 0.529. The molecule has 0 saturated heterocycles. The fraction of sp³-hybridized carbons (Fsp3) is 0.385. The van der Waals surface area contributed by atoms with Crippen molar-refractivity contribution in [2.45, 2.75) is 30.7 Å². The average molecular weight is 314 g/mol. The number of aryl methyl sites for hydroxylation is 1. The number of rotatable bonds is 6. The van der Waals surface area contributed by atoms with Crippen LogP contribution < -0.4 is 11.1 Å². The van der Waals surface area contributed by atoms with Crippen molar-refractivity contribution in [3.8, 4) is 0 Å². The molecule has 7 nitrogen and oxygen atoms in total. The first kappa shape index (κ1) is 17.1. The Hall–Kier alpha value is -1.93. The third-order valence-electron chi connectivity index (χ3n) is 2.90. The summed E-state index contributed by atoms with van der Waals surface area (Å²) in [4.78, 5) is 22.4. The number of amides is 1. The minimum absolute atomic E-state index is 0.00593. The van der Waals surface area contributed by atoms with Gasteiger partial charge in [-0.2, -0.15) is 0 Å². The van der Waals surface area contributed by atoms with Crippen LogP contribution >= 0.6 is 0 Å². The predicted molar refractivity (Wildman–Crippen MR) is 77.8 cm³/mol. The minimum atomic E-state index is -3.38. The van der Waals surface area contributed by atoms with E-state index in [-0.39, 0.29) is 17.7 Å². The van der Waals surface area contributed by atoms with Gasteiger partial charge in [-0.15, -0.1) is 0 Å². The van der Waals surface area contributed by atoms with Crippen molar-refractivity contribution >= 4 is 27.4 Å². The molecule has 0 bridgehead atoms. The second kappa shape index (κ2) is 6.68. The third-order valence-corrected chi connectivity index (χ3v) is 4.01. The molecule has 0 aromatic heterocycles. The summed E-state index contributed by atoms with van der Waals surface area (Å²) in [6, 6.07) is 3.41. The van der Waals surface area contributed by atoms with E-state index >= 15 is 0 Å². The van der Waals surface area contributed by atoms with Gasteiger partial charge in [0.25, 0.3) is 0 Å². The van der Waals surface area contributed by atoms with Crippen LogP contribution in [0.4, 0.5) is 5.69 Å². The first-order valence-corrected chi connectivity index (χ1v) is 8.09. The van der Waals surface area contributed by atoms with Gasteiger partial charge in [0, 0.05) is 18.4 Å². The van der Waals surface area contributed by atoms with Gasteiger partial charge in [-0.3, -0.25) is 9.59 Å². The number of aliphatic carboxylic acids is 1. The number of sulfone groups is 1. The van der Waals surface area contributed by atoms with Crippen molar-refractivity contribution in [3.63, 3.8) is 0 Å². The number of anilines is 1. The summed E-state index contributed by atoms with van der Waals surface area (Å²) in [6.45, 7) is 1.71. The van der Waals surface area contributed by atoms with E-state index in [1.807, 2.05) is 0 Å². The van der Waals surface area contributed by atoms with Gasteiger partial charge in [-0.25, -0.2) is 8.42 Å². The molecule has 1 unspecified atom stereocenters. The van der Waals surface area contributed by atoms with Crippen LogP contribution in [0, 0.1) is 6.92 Å². The van der Waals surface area contributed by atoms with Gasteiger partial charge in [0.2, 0.25) is 5.91 Å². The standard InChI is InChI=1S/C13H18N2O5S/c1-8-3-4-9(21(2,19)20)7-11(8)15-13(18)10(14)5-6-12(16)17/h3-4,7,10H,5-6,14H2,1-2H3,(H,15,18)(H,16,17). The number of hydrogen-bond donors (Lipinski definition) is 3. The molecule has 0 saturated carbocycles. The zero-order chi connectivity index (χ0) is 16.2. The van der Waals surface area contributed by atoms with E-state index in [4.69, 9.17) is 10.8 Å². The lowest BCUT2D eigenvalue weighted by molar-refractivity contribution is -0.137. The molecule has 0 heterocycles. The van der Waals surface area contributed by atoms with Gasteiger partial charge < -0.3 is 16.2 Å². The van der Waals surface area contributed by atoms with Gasteiger partial charge in [0.15, 0.2) is 9.84 Å². The number of nitrogens with two attached hydrogens (primary N) is 1. The Bertz CT molecular complexity index is 655. The van der Waals surface area contributed by atoms with Gasteiger partial charge in [-0.05, 0) is 31.0 Å². The van der Waals surface area contributed by atoms with Crippen molar-refractivity contribution < 1.29 is 23.1 Å². The SMILES string of the molecule is Cc1ccc(S(C)(=O)=O)cc1NC(=O)C(N)CCC(=O)O. The van der Waals surface area contributed by atoms with E-state index in [0.29, 0.717) is 11.3 Å². The van der Waals surface area contributed by atoms with E-state index in [2.05, 4.69) is 5.32 Å². The molecule has 1 amide bonds.